The zero-order chi connectivity index (χ0) is 22.8. The second-order valence-corrected chi connectivity index (χ2v) is 7.72. The number of likely N-dealkylation sites (N-methyl/N-ethyl adjacent to an activating group) is 1. The van der Waals surface area contributed by atoms with E-state index in [0.717, 1.165) is 5.56 Å². The van der Waals surface area contributed by atoms with Gasteiger partial charge in [-0.15, -0.1) is 0 Å². The number of benzene rings is 2. The van der Waals surface area contributed by atoms with Crippen molar-refractivity contribution in [2.45, 2.75) is 20.8 Å². The van der Waals surface area contributed by atoms with E-state index in [9.17, 15) is 14.4 Å². The molecule has 8 heteroatoms. The third-order valence-corrected chi connectivity index (χ3v) is 4.24. The zero-order valence-corrected chi connectivity index (χ0v) is 18.4. The summed E-state index contributed by atoms with van der Waals surface area (Å²) < 4.78 is 5.09. The molecular weight excluding hydrogens is 396 g/mol. The van der Waals surface area contributed by atoms with Crippen LogP contribution >= 0.6 is 0 Å². The van der Waals surface area contributed by atoms with Crippen LogP contribution in [0.5, 0.6) is 0 Å². The van der Waals surface area contributed by atoms with E-state index in [1.807, 2.05) is 45.0 Å². The topological polar surface area (TPSA) is 99.8 Å². The van der Waals surface area contributed by atoms with Crippen molar-refractivity contribution < 1.29 is 19.1 Å². The van der Waals surface area contributed by atoms with Crippen molar-refractivity contribution in [2.24, 2.45) is 5.92 Å². The van der Waals surface area contributed by atoms with E-state index in [-0.39, 0.29) is 30.8 Å². The number of aryl methyl sites for hydroxylation is 1. The van der Waals surface area contributed by atoms with Gasteiger partial charge in [0.1, 0.15) is 0 Å². The summed E-state index contributed by atoms with van der Waals surface area (Å²) in [4.78, 5) is 37.6. The fourth-order valence-corrected chi connectivity index (χ4v) is 2.56. The zero-order valence-electron chi connectivity index (χ0n) is 18.4. The van der Waals surface area contributed by atoms with Crippen LogP contribution in [-0.4, -0.2) is 49.6 Å². The first-order valence-electron chi connectivity index (χ1n) is 10.1. The molecule has 0 bridgehead atoms. The van der Waals surface area contributed by atoms with Crippen LogP contribution in [0.4, 0.5) is 21.9 Å². The van der Waals surface area contributed by atoms with E-state index in [2.05, 4.69) is 16.0 Å². The van der Waals surface area contributed by atoms with Gasteiger partial charge in [-0.1, -0.05) is 37.6 Å². The van der Waals surface area contributed by atoms with E-state index in [0.29, 0.717) is 23.7 Å². The quantitative estimate of drug-likeness (QED) is 0.568. The lowest BCUT2D eigenvalue weighted by Gasteiger charge is -2.18. The number of ether oxygens (including phenoxy) is 1. The number of amides is 3. The molecule has 8 nitrogen and oxygen atoms in total. The maximum Gasteiger partial charge on any atom is 0.411 e. The average Bonchev–Trinajstić information content (AvgIpc) is 2.72. The summed E-state index contributed by atoms with van der Waals surface area (Å²) >= 11 is 0. The van der Waals surface area contributed by atoms with Crippen LogP contribution in [0.15, 0.2) is 48.5 Å². The molecule has 0 unspecified atom stereocenters. The molecule has 0 aliphatic heterocycles. The van der Waals surface area contributed by atoms with Gasteiger partial charge in [0.2, 0.25) is 11.8 Å². The van der Waals surface area contributed by atoms with E-state index in [1.54, 1.807) is 31.3 Å². The Kier molecular flexibility index (Phi) is 8.87. The van der Waals surface area contributed by atoms with Crippen molar-refractivity contribution in [3.63, 3.8) is 0 Å². The number of nitrogens with zero attached hydrogens (tertiary/aromatic N) is 1. The van der Waals surface area contributed by atoms with E-state index >= 15 is 0 Å². The Morgan fingerprint density at radius 1 is 0.968 bits per heavy atom. The average molecular weight is 427 g/mol. The summed E-state index contributed by atoms with van der Waals surface area (Å²) in [6, 6.07) is 14.4. The molecule has 0 fully saturated rings. The molecule has 3 amide bonds. The minimum Gasteiger partial charge on any atom is -0.449 e. The molecule has 0 spiro atoms. The molecule has 2 aromatic rings. The Morgan fingerprint density at radius 3 is 2.32 bits per heavy atom. The van der Waals surface area contributed by atoms with Gasteiger partial charge in [0.25, 0.3) is 0 Å². The van der Waals surface area contributed by atoms with Crippen LogP contribution in [-0.2, 0) is 14.3 Å². The van der Waals surface area contributed by atoms with E-state index in [4.69, 9.17) is 4.74 Å². The Labute approximate surface area is 183 Å². The Morgan fingerprint density at radius 2 is 1.65 bits per heavy atom. The molecule has 0 saturated heterocycles. The van der Waals surface area contributed by atoms with E-state index < -0.39 is 6.09 Å². The first-order valence-corrected chi connectivity index (χ1v) is 10.1. The fourth-order valence-electron chi connectivity index (χ4n) is 2.56. The molecule has 0 heterocycles. The van der Waals surface area contributed by atoms with Crippen molar-refractivity contribution >= 4 is 35.0 Å². The highest BCUT2D eigenvalue weighted by atomic mass is 16.5. The summed E-state index contributed by atoms with van der Waals surface area (Å²) in [5.74, 6) is -0.264. The second-order valence-electron chi connectivity index (χ2n) is 7.72. The van der Waals surface area contributed by atoms with Crippen LogP contribution in [0.3, 0.4) is 0 Å². The molecule has 2 rings (SSSR count). The molecule has 0 radical (unpaired) electrons. The maximum absolute atomic E-state index is 12.4. The molecule has 0 aliphatic carbocycles. The van der Waals surface area contributed by atoms with Crippen molar-refractivity contribution in [1.82, 2.24) is 4.90 Å². The van der Waals surface area contributed by atoms with Gasteiger partial charge in [0.05, 0.1) is 19.7 Å². The van der Waals surface area contributed by atoms with Gasteiger partial charge in [0, 0.05) is 24.1 Å². The molecule has 31 heavy (non-hydrogen) atoms. The van der Waals surface area contributed by atoms with Crippen molar-refractivity contribution in [1.29, 1.82) is 0 Å². The fraction of sp³-hybridized carbons (Fsp3) is 0.348. The molecular formula is C23H30N4O4. The Bertz CT molecular complexity index is 897. The predicted molar refractivity (Wildman–Crippen MR) is 122 cm³/mol. The number of hydrogen-bond acceptors (Lipinski definition) is 5. The summed E-state index contributed by atoms with van der Waals surface area (Å²) in [5.41, 5.74) is 3.00. The lowest BCUT2D eigenvalue weighted by molar-refractivity contribution is -0.131. The third-order valence-electron chi connectivity index (χ3n) is 4.24. The minimum atomic E-state index is -0.527. The first kappa shape index (κ1) is 23.7. The predicted octanol–water partition coefficient (Wildman–Crippen LogP) is 3.71. The molecule has 0 saturated carbocycles. The van der Waals surface area contributed by atoms with Crippen LogP contribution in [0.25, 0.3) is 0 Å². The molecule has 0 aromatic heterocycles. The highest BCUT2D eigenvalue weighted by molar-refractivity contribution is 5.95. The lowest BCUT2D eigenvalue weighted by atomic mass is 10.2. The molecule has 3 N–H and O–H groups in total. The largest absolute Gasteiger partial charge is 0.449 e. The van der Waals surface area contributed by atoms with Crippen LogP contribution < -0.4 is 16.0 Å². The summed E-state index contributed by atoms with van der Waals surface area (Å²) in [7, 11) is 1.57. The SMILES string of the molecule is Cc1ccc(NC(=O)CN(C)C(=O)CNc2cccc(NC(=O)OCC(C)C)c2)cc1. The monoisotopic (exact) mass is 426 g/mol. The van der Waals surface area contributed by atoms with Gasteiger partial charge in [0.15, 0.2) is 0 Å². The molecule has 0 aliphatic rings. The maximum atomic E-state index is 12.4. The molecule has 0 atom stereocenters. The van der Waals surface area contributed by atoms with Crippen LogP contribution in [0.1, 0.15) is 19.4 Å². The lowest BCUT2D eigenvalue weighted by Crippen LogP contribution is -2.38. The summed E-state index contributed by atoms with van der Waals surface area (Å²) in [6.07, 6.45) is -0.527. The first-order chi connectivity index (χ1) is 14.7. The minimum absolute atomic E-state index is 0.00948. The van der Waals surface area contributed by atoms with Crippen LogP contribution in [0.2, 0.25) is 0 Å². The smallest absolute Gasteiger partial charge is 0.411 e. The van der Waals surface area contributed by atoms with Gasteiger partial charge in [-0.25, -0.2) is 4.79 Å². The van der Waals surface area contributed by atoms with Gasteiger partial charge >= 0.3 is 6.09 Å². The van der Waals surface area contributed by atoms with Gasteiger partial charge in [-0.05, 0) is 43.2 Å². The summed E-state index contributed by atoms with van der Waals surface area (Å²) in [6.45, 7) is 6.17. The second kappa shape index (κ2) is 11.6. The Balaban J connectivity index is 1.79. The van der Waals surface area contributed by atoms with Crippen molar-refractivity contribution in [2.75, 3.05) is 42.7 Å². The van der Waals surface area contributed by atoms with Crippen molar-refractivity contribution in [3.05, 3.63) is 54.1 Å². The number of hydrogen-bond donors (Lipinski definition) is 3. The number of carbonyl (C=O) groups excluding carboxylic acids is 3. The van der Waals surface area contributed by atoms with Crippen LogP contribution in [0, 0.1) is 12.8 Å². The number of nitrogens with one attached hydrogen (secondary N) is 3. The van der Waals surface area contributed by atoms with Gasteiger partial charge < -0.3 is 20.3 Å². The van der Waals surface area contributed by atoms with Gasteiger partial charge in [-0.3, -0.25) is 14.9 Å². The van der Waals surface area contributed by atoms with E-state index in [1.165, 1.54) is 4.90 Å². The number of carbonyl (C=O) groups is 3. The molecule has 166 valence electrons. The molecule has 2 aromatic carbocycles. The Hall–Kier alpha value is -3.55. The highest BCUT2D eigenvalue weighted by Crippen LogP contribution is 2.15. The standard InChI is InChI=1S/C23H30N4O4/c1-16(2)15-31-23(30)26-20-7-5-6-19(12-20)24-13-22(29)27(4)14-21(28)25-18-10-8-17(3)9-11-18/h5-12,16,24H,13-15H2,1-4H3,(H,25,28)(H,26,30). The number of rotatable bonds is 9. The third kappa shape index (κ3) is 8.77. The highest BCUT2D eigenvalue weighted by Gasteiger charge is 2.13. The van der Waals surface area contributed by atoms with Gasteiger partial charge in [-0.2, -0.15) is 0 Å². The number of anilines is 3. The van der Waals surface area contributed by atoms with Crippen molar-refractivity contribution in [3.8, 4) is 0 Å². The normalized spacial score (nSPS) is 10.4. The summed E-state index contributed by atoms with van der Waals surface area (Å²) in [5, 5.41) is 8.42.